The molecule has 1 aromatic rings. The van der Waals surface area contributed by atoms with Gasteiger partial charge in [-0.3, -0.25) is 4.79 Å². The Hall–Kier alpha value is -2.46. The number of hydrogen-bond acceptors (Lipinski definition) is 9. The van der Waals surface area contributed by atoms with Crippen LogP contribution in [0.5, 0.6) is 11.5 Å². The van der Waals surface area contributed by atoms with Crippen LogP contribution in [0.1, 0.15) is 29.3 Å². The van der Waals surface area contributed by atoms with Gasteiger partial charge in [0, 0.05) is 13.5 Å². The third kappa shape index (κ3) is 6.01. The number of carbonyl (C=O) groups excluding carboxylic acids is 2. The molecule has 0 spiro atoms. The van der Waals surface area contributed by atoms with Crippen molar-refractivity contribution in [3.05, 3.63) is 35.4 Å². The largest absolute Gasteiger partial charge is 0.507 e. The first-order valence-electron chi connectivity index (χ1n) is 9.10. The van der Waals surface area contributed by atoms with Crippen LogP contribution in [0.2, 0.25) is 0 Å². The number of aliphatic hydroxyl groups is 2. The fourth-order valence-corrected chi connectivity index (χ4v) is 2.77. The maximum atomic E-state index is 12.7. The Bertz CT molecular complexity index is 759. The van der Waals surface area contributed by atoms with Crippen LogP contribution in [0.15, 0.2) is 24.3 Å². The molecule has 0 aromatic heterocycles. The minimum atomic E-state index is -1.65. The van der Waals surface area contributed by atoms with Crippen molar-refractivity contribution < 1.29 is 43.9 Å². The van der Waals surface area contributed by atoms with Gasteiger partial charge in [0.2, 0.25) is 0 Å². The molecule has 3 N–H and O–H groups in total. The minimum Gasteiger partial charge on any atom is -0.507 e. The molecule has 1 heterocycles. The van der Waals surface area contributed by atoms with E-state index in [-0.39, 0.29) is 36.9 Å². The summed E-state index contributed by atoms with van der Waals surface area (Å²) in [5.74, 6) is -1.82. The Labute approximate surface area is 168 Å². The van der Waals surface area contributed by atoms with Gasteiger partial charge in [-0.15, -0.1) is 0 Å². The molecule has 29 heavy (non-hydrogen) atoms. The zero-order chi connectivity index (χ0) is 21.6. The number of hydrogen-bond donors (Lipinski definition) is 3. The quantitative estimate of drug-likeness (QED) is 0.490. The highest BCUT2D eigenvalue weighted by Crippen LogP contribution is 2.31. The highest BCUT2D eigenvalue weighted by molar-refractivity contribution is 5.96. The first-order valence-corrected chi connectivity index (χ1v) is 9.10. The fourth-order valence-electron chi connectivity index (χ4n) is 2.77. The number of aliphatic hydroxyl groups excluding tert-OH is 2. The molecule has 0 amide bonds. The molecule has 0 fully saturated rings. The van der Waals surface area contributed by atoms with Gasteiger partial charge in [-0.2, -0.15) is 0 Å². The molecular formula is C20H26O9. The lowest BCUT2D eigenvalue weighted by Crippen LogP contribution is -2.35. The van der Waals surface area contributed by atoms with Crippen molar-refractivity contribution in [2.75, 3.05) is 20.5 Å². The molecule has 4 atom stereocenters. The second kappa shape index (κ2) is 10.4. The molecule has 0 unspecified atom stereocenters. The zero-order valence-electron chi connectivity index (χ0n) is 16.5. The summed E-state index contributed by atoms with van der Waals surface area (Å²) in [4.78, 5) is 24.8. The highest BCUT2D eigenvalue weighted by atomic mass is 16.7. The normalized spacial score (nSPS) is 27.3. The maximum Gasteiger partial charge on any atom is 0.346 e. The van der Waals surface area contributed by atoms with E-state index in [4.69, 9.17) is 18.9 Å². The molecule has 1 aliphatic heterocycles. The van der Waals surface area contributed by atoms with Crippen molar-refractivity contribution in [3.8, 4) is 11.5 Å². The van der Waals surface area contributed by atoms with E-state index in [1.165, 1.54) is 26.2 Å². The number of benzene rings is 1. The van der Waals surface area contributed by atoms with Gasteiger partial charge in [-0.25, -0.2) is 4.79 Å². The highest BCUT2D eigenvalue weighted by Gasteiger charge is 2.28. The number of rotatable bonds is 3. The number of cyclic esters (lactones) is 1. The summed E-state index contributed by atoms with van der Waals surface area (Å²) in [6.07, 6.45) is -2.49. The Morgan fingerprint density at radius 3 is 2.66 bits per heavy atom. The van der Waals surface area contributed by atoms with Crippen LogP contribution in [0, 0.1) is 6.92 Å². The van der Waals surface area contributed by atoms with Crippen molar-refractivity contribution >= 4 is 11.8 Å². The molecule has 0 saturated heterocycles. The van der Waals surface area contributed by atoms with Gasteiger partial charge < -0.3 is 34.3 Å². The minimum absolute atomic E-state index is 0.0645. The predicted molar refractivity (Wildman–Crippen MR) is 101 cm³/mol. The van der Waals surface area contributed by atoms with Gasteiger partial charge in [0.25, 0.3) is 0 Å². The molecule has 2 rings (SSSR count). The number of esters is 1. The third-order valence-electron chi connectivity index (χ3n) is 4.34. The first kappa shape index (κ1) is 22.8. The number of fused-ring (bicyclic) bond motifs is 1. The average molecular weight is 410 g/mol. The molecule has 0 saturated carbocycles. The number of ether oxygens (including phenoxy) is 4. The third-order valence-corrected chi connectivity index (χ3v) is 4.34. The number of carbonyl (C=O) groups is 2. The first-order chi connectivity index (χ1) is 13.7. The van der Waals surface area contributed by atoms with Crippen molar-refractivity contribution in [3.63, 3.8) is 0 Å². The van der Waals surface area contributed by atoms with Crippen LogP contribution >= 0.6 is 0 Å². The Kier molecular flexibility index (Phi) is 8.15. The van der Waals surface area contributed by atoms with Gasteiger partial charge in [-0.05, 0) is 43.7 Å². The Balaban J connectivity index is 2.41. The lowest BCUT2D eigenvalue weighted by molar-refractivity contribution is -0.128. The smallest absolute Gasteiger partial charge is 0.346 e. The van der Waals surface area contributed by atoms with E-state index in [9.17, 15) is 24.9 Å². The number of ketones is 1. The van der Waals surface area contributed by atoms with Crippen LogP contribution < -0.4 is 4.74 Å². The Morgan fingerprint density at radius 2 is 1.97 bits per heavy atom. The molecule has 1 aromatic carbocycles. The number of methoxy groups -OCH3 is 1. The van der Waals surface area contributed by atoms with Gasteiger partial charge >= 0.3 is 5.97 Å². The lowest BCUT2D eigenvalue weighted by Gasteiger charge is -2.23. The molecule has 0 bridgehead atoms. The zero-order valence-corrected chi connectivity index (χ0v) is 16.5. The van der Waals surface area contributed by atoms with E-state index in [0.717, 1.165) is 6.08 Å². The topological polar surface area (TPSA) is 132 Å². The summed E-state index contributed by atoms with van der Waals surface area (Å²) in [7, 11) is 1.41. The molecule has 9 nitrogen and oxygen atoms in total. The van der Waals surface area contributed by atoms with Crippen molar-refractivity contribution in [1.29, 1.82) is 0 Å². The van der Waals surface area contributed by atoms with E-state index in [0.29, 0.717) is 5.56 Å². The number of aryl methyl sites for hydroxylation is 1. The number of phenols is 1. The molecule has 0 aliphatic carbocycles. The summed E-state index contributed by atoms with van der Waals surface area (Å²) in [6.45, 7) is 3.00. The lowest BCUT2D eigenvalue weighted by atomic mass is 10.0. The molecule has 9 heteroatoms. The molecule has 0 radical (unpaired) electrons. The second-order valence-corrected chi connectivity index (χ2v) is 6.72. The molecular weight excluding hydrogens is 384 g/mol. The predicted octanol–water partition coefficient (Wildman–Crippen LogP) is 0.865. The maximum absolute atomic E-state index is 12.7. The van der Waals surface area contributed by atoms with Crippen molar-refractivity contribution in [1.82, 2.24) is 0 Å². The van der Waals surface area contributed by atoms with Gasteiger partial charge in [0.15, 0.2) is 5.78 Å². The Morgan fingerprint density at radius 1 is 1.24 bits per heavy atom. The second-order valence-electron chi connectivity index (χ2n) is 6.72. The van der Waals surface area contributed by atoms with Crippen molar-refractivity contribution in [2.24, 2.45) is 0 Å². The average Bonchev–Trinajstić information content (AvgIpc) is 2.65. The van der Waals surface area contributed by atoms with Gasteiger partial charge in [-0.1, -0.05) is 0 Å². The monoisotopic (exact) mass is 410 g/mol. The summed E-state index contributed by atoms with van der Waals surface area (Å²) >= 11 is 0. The summed E-state index contributed by atoms with van der Waals surface area (Å²) in [6, 6.07) is 2.94. The van der Waals surface area contributed by atoms with Crippen LogP contribution in [0.3, 0.4) is 0 Å². The summed E-state index contributed by atoms with van der Waals surface area (Å²) < 4.78 is 21.2. The summed E-state index contributed by atoms with van der Waals surface area (Å²) in [5.41, 5.74) is 0.475. The standard InChI is InChI=1S/C20H26O9/c1-11-8-15(23)18-17(9-11)27-7-6-14(22)19(24)13(21)4-5-16(28-10-26-3)12(2)29-20(18)25/h4-5,8-9,12,14,16,19,22-24H,6-7,10H2,1-3H3/b5-4-/t12-,14-,16+,19+/m0/s1. The van der Waals surface area contributed by atoms with E-state index in [1.54, 1.807) is 13.0 Å². The van der Waals surface area contributed by atoms with Gasteiger partial charge in [0.05, 0.1) is 12.7 Å². The summed E-state index contributed by atoms with van der Waals surface area (Å²) in [5, 5.41) is 30.3. The van der Waals surface area contributed by atoms with E-state index in [1.807, 2.05) is 0 Å². The van der Waals surface area contributed by atoms with Crippen LogP contribution in [-0.4, -0.2) is 72.0 Å². The number of phenolic OH excluding ortho intramolecular Hbond substituents is 1. The number of aromatic hydroxyl groups is 1. The fraction of sp³-hybridized carbons (Fsp3) is 0.500. The van der Waals surface area contributed by atoms with Gasteiger partial charge in [0.1, 0.15) is 42.2 Å². The van der Waals surface area contributed by atoms with Crippen LogP contribution in [-0.2, 0) is 19.0 Å². The van der Waals surface area contributed by atoms with E-state index >= 15 is 0 Å². The molecule has 160 valence electrons. The van der Waals surface area contributed by atoms with E-state index in [2.05, 4.69) is 0 Å². The SMILES string of the molecule is COCO[C@@H]1/C=C\C(=O)[C@@H](O)[C@@H](O)CCOc2cc(C)cc(O)c2C(=O)O[C@H]1C. The van der Waals surface area contributed by atoms with Crippen LogP contribution in [0.4, 0.5) is 0 Å². The van der Waals surface area contributed by atoms with Crippen molar-refractivity contribution in [2.45, 2.75) is 44.7 Å². The van der Waals surface area contributed by atoms with E-state index < -0.39 is 36.2 Å². The molecule has 1 aliphatic rings. The van der Waals surface area contributed by atoms with Crippen LogP contribution in [0.25, 0.3) is 0 Å².